The van der Waals surface area contributed by atoms with Gasteiger partial charge in [0.1, 0.15) is 0 Å². The Balaban J connectivity index is 0.000000357. The van der Waals surface area contributed by atoms with Gasteiger partial charge in [-0.1, -0.05) is 36.4 Å². The summed E-state index contributed by atoms with van der Waals surface area (Å²) in [6.45, 7) is 2.08. The molecular weight excluding hydrogens is 228 g/mol. The first-order valence-corrected chi connectivity index (χ1v) is 5.65. The summed E-state index contributed by atoms with van der Waals surface area (Å²) >= 11 is 0. The normalized spacial score (nSPS) is 9.89. The van der Waals surface area contributed by atoms with E-state index in [9.17, 15) is 0 Å². The van der Waals surface area contributed by atoms with E-state index in [4.69, 9.17) is 5.26 Å². The lowest BCUT2D eigenvalue weighted by Gasteiger charge is -1.91. The van der Waals surface area contributed by atoms with Gasteiger partial charge >= 0.3 is 0 Å². The van der Waals surface area contributed by atoms with Gasteiger partial charge in [-0.05, 0) is 31.2 Å². The summed E-state index contributed by atoms with van der Waals surface area (Å²) in [4.78, 5) is 3.54. The molecule has 0 aliphatic heterocycles. The average Bonchev–Trinajstić information content (AvgIpc) is 2.47. The Labute approximate surface area is 107 Å². The molecule has 0 radical (unpaired) electrons. The zero-order valence-corrected chi connectivity index (χ0v) is 10.2. The van der Waals surface area contributed by atoms with Gasteiger partial charge in [0.05, 0.1) is 18.0 Å². The van der Waals surface area contributed by atoms with Crippen molar-refractivity contribution >= 4 is 11.4 Å². The third kappa shape index (κ3) is 5.89. The SMILES string of the molecule is CCOO.c1ccc(N=Nc2ccccc2)cc1. The highest BCUT2D eigenvalue weighted by molar-refractivity contribution is 5.39. The maximum absolute atomic E-state index is 7.38. The first kappa shape index (κ1) is 14.0. The minimum Gasteiger partial charge on any atom is -0.252 e. The Bertz CT molecular complexity index is 400. The van der Waals surface area contributed by atoms with Crippen LogP contribution in [0.15, 0.2) is 70.9 Å². The van der Waals surface area contributed by atoms with E-state index in [2.05, 4.69) is 15.1 Å². The van der Waals surface area contributed by atoms with Crippen LogP contribution in [0.3, 0.4) is 0 Å². The lowest BCUT2D eigenvalue weighted by Crippen LogP contribution is -1.74. The molecule has 4 heteroatoms. The van der Waals surface area contributed by atoms with E-state index in [1.807, 2.05) is 60.7 Å². The van der Waals surface area contributed by atoms with Crippen molar-refractivity contribution in [1.29, 1.82) is 0 Å². The quantitative estimate of drug-likeness (QED) is 0.487. The molecule has 0 atom stereocenters. The number of benzene rings is 2. The van der Waals surface area contributed by atoms with Crippen molar-refractivity contribution in [2.75, 3.05) is 6.61 Å². The van der Waals surface area contributed by atoms with Gasteiger partial charge in [-0.15, -0.1) is 0 Å². The molecule has 0 unspecified atom stereocenters. The molecule has 0 fully saturated rings. The van der Waals surface area contributed by atoms with Gasteiger partial charge in [-0.25, -0.2) is 4.89 Å². The number of hydrogen-bond donors (Lipinski definition) is 1. The van der Waals surface area contributed by atoms with E-state index < -0.39 is 0 Å². The van der Waals surface area contributed by atoms with Crippen molar-refractivity contribution in [3.8, 4) is 0 Å². The van der Waals surface area contributed by atoms with E-state index >= 15 is 0 Å². The third-order valence-electron chi connectivity index (χ3n) is 1.92. The first-order valence-electron chi connectivity index (χ1n) is 5.65. The van der Waals surface area contributed by atoms with Gasteiger partial charge < -0.3 is 0 Å². The van der Waals surface area contributed by atoms with Gasteiger partial charge in [-0.3, -0.25) is 5.26 Å². The van der Waals surface area contributed by atoms with E-state index in [0.29, 0.717) is 6.61 Å². The minimum absolute atomic E-state index is 0.375. The molecule has 0 aliphatic carbocycles. The Morgan fingerprint density at radius 3 is 1.44 bits per heavy atom. The van der Waals surface area contributed by atoms with Crippen molar-refractivity contribution < 1.29 is 10.1 Å². The first-order chi connectivity index (χ1) is 8.86. The fraction of sp³-hybridized carbons (Fsp3) is 0.143. The summed E-state index contributed by atoms with van der Waals surface area (Å²) in [5, 5.41) is 15.6. The van der Waals surface area contributed by atoms with E-state index in [0.717, 1.165) is 11.4 Å². The Kier molecular flexibility index (Phi) is 7.04. The maximum Gasteiger partial charge on any atom is 0.0857 e. The topological polar surface area (TPSA) is 54.2 Å². The fourth-order valence-electron chi connectivity index (χ4n) is 1.10. The molecule has 0 bridgehead atoms. The number of azo groups is 1. The van der Waals surface area contributed by atoms with E-state index in [-0.39, 0.29) is 0 Å². The van der Waals surface area contributed by atoms with Crippen molar-refractivity contribution in [2.45, 2.75) is 6.92 Å². The van der Waals surface area contributed by atoms with Gasteiger partial charge in [-0.2, -0.15) is 10.2 Å². The van der Waals surface area contributed by atoms with E-state index in [1.165, 1.54) is 0 Å². The Hall–Kier alpha value is -2.04. The molecule has 2 aromatic rings. The number of nitrogens with zero attached hydrogens (tertiary/aromatic N) is 2. The summed E-state index contributed by atoms with van der Waals surface area (Å²) in [5.41, 5.74) is 1.74. The molecule has 1 N–H and O–H groups in total. The number of rotatable bonds is 3. The second kappa shape index (κ2) is 9.04. The molecule has 4 nitrogen and oxygen atoms in total. The second-order valence-electron chi connectivity index (χ2n) is 3.29. The lowest BCUT2D eigenvalue weighted by atomic mass is 10.3. The summed E-state index contributed by atoms with van der Waals surface area (Å²) in [5.74, 6) is 0. The molecule has 0 saturated heterocycles. The zero-order valence-electron chi connectivity index (χ0n) is 10.2. The molecular formula is C14H16N2O2. The van der Waals surface area contributed by atoms with Crippen LogP contribution < -0.4 is 0 Å². The second-order valence-corrected chi connectivity index (χ2v) is 3.29. The number of hydrogen-bond acceptors (Lipinski definition) is 4. The highest BCUT2D eigenvalue weighted by Crippen LogP contribution is 2.16. The standard InChI is InChI=1S/C12H10N2.C2H6O2/c1-3-7-11(8-4-1)13-14-12-9-5-2-6-10-12;1-2-4-3/h1-10H;3H,2H2,1H3. The van der Waals surface area contributed by atoms with Crippen LogP contribution in [0.25, 0.3) is 0 Å². The van der Waals surface area contributed by atoms with Gasteiger partial charge in [0.2, 0.25) is 0 Å². The predicted octanol–water partition coefficient (Wildman–Crippen LogP) is 4.60. The fourth-order valence-corrected chi connectivity index (χ4v) is 1.10. The van der Waals surface area contributed by atoms with Gasteiger partial charge in [0.15, 0.2) is 0 Å². The molecule has 94 valence electrons. The minimum atomic E-state index is 0.375. The highest BCUT2D eigenvalue weighted by atomic mass is 17.1. The Morgan fingerprint density at radius 1 is 0.833 bits per heavy atom. The lowest BCUT2D eigenvalue weighted by molar-refractivity contribution is -0.237. The van der Waals surface area contributed by atoms with E-state index in [1.54, 1.807) is 6.92 Å². The van der Waals surface area contributed by atoms with Crippen LogP contribution in [-0.4, -0.2) is 11.9 Å². The highest BCUT2D eigenvalue weighted by Gasteiger charge is 1.86. The van der Waals surface area contributed by atoms with Crippen molar-refractivity contribution in [3.05, 3.63) is 60.7 Å². The summed E-state index contributed by atoms with van der Waals surface area (Å²) < 4.78 is 0. The summed E-state index contributed by atoms with van der Waals surface area (Å²) in [6, 6.07) is 19.4. The van der Waals surface area contributed by atoms with Crippen LogP contribution >= 0.6 is 0 Å². The zero-order chi connectivity index (χ0) is 13.1. The van der Waals surface area contributed by atoms with Crippen LogP contribution in [0.2, 0.25) is 0 Å². The van der Waals surface area contributed by atoms with Gasteiger partial charge in [0, 0.05) is 0 Å². The monoisotopic (exact) mass is 244 g/mol. The molecule has 18 heavy (non-hydrogen) atoms. The van der Waals surface area contributed by atoms with Crippen molar-refractivity contribution in [3.63, 3.8) is 0 Å². The molecule has 0 heterocycles. The largest absolute Gasteiger partial charge is 0.252 e. The predicted molar refractivity (Wildman–Crippen MR) is 71.3 cm³/mol. The molecule has 0 amide bonds. The van der Waals surface area contributed by atoms with Crippen LogP contribution in [0.5, 0.6) is 0 Å². The van der Waals surface area contributed by atoms with Crippen LogP contribution in [0.4, 0.5) is 11.4 Å². The third-order valence-corrected chi connectivity index (χ3v) is 1.92. The molecule has 0 spiro atoms. The maximum atomic E-state index is 7.38. The molecule has 2 rings (SSSR count). The van der Waals surface area contributed by atoms with Crippen LogP contribution in [-0.2, 0) is 4.89 Å². The molecule has 2 aromatic carbocycles. The van der Waals surface area contributed by atoms with Gasteiger partial charge in [0.25, 0.3) is 0 Å². The van der Waals surface area contributed by atoms with Crippen molar-refractivity contribution in [2.24, 2.45) is 10.2 Å². The average molecular weight is 244 g/mol. The molecule has 0 saturated carbocycles. The Morgan fingerprint density at radius 2 is 1.17 bits per heavy atom. The molecule has 0 aromatic heterocycles. The smallest absolute Gasteiger partial charge is 0.0857 e. The summed E-state index contributed by atoms with van der Waals surface area (Å²) in [7, 11) is 0. The summed E-state index contributed by atoms with van der Waals surface area (Å²) in [6.07, 6.45) is 0. The van der Waals surface area contributed by atoms with Crippen LogP contribution in [0, 0.1) is 0 Å². The molecule has 0 aliphatic rings. The van der Waals surface area contributed by atoms with Crippen LogP contribution in [0.1, 0.15) is 6.92 Å². The van der Waals surface area contributed by atoms with Crippen molar-refractivity contribution in [1.82, 2.24) is 0 Å².